The predicted molar refractivity (Wildman–Crippen MR) is 70.9 cm³/mol. The van der Waals surface area contributed by atoms with Crippen molar-refractivity contribution < 1.29 is 4.74 Å². The molecule has 1 N–H and O–H groups in total. The van der Waals surface area contributed by atoms with Crippen molar-refractivity contribution in [3.63, 3.8) is 0 Å². The van der Waals surface area contributed by atoms with Crippen LogP contribution in [-0.4, -0.2) is 28.0 Å². The zero-order valence-corrected chi connectivity index (χ0v) is 11.4. The lowest BCUT2D eigenvalue weighted by molar-refractivity contribution is 0.326. The molecule has 0 fully saturated rings. The molecule has 4 nitrogen and oxygen atoms in total. The second-order valence-corrected chi connectivity index (χ2v) is 4.53. The topological polar surface area (TPSA) is 47.0 Å². The number of hydrogen-bond donors (Lipinski definition) is 1. The molecule has 0 spiro atoms. The number of nitrogens with zero attached hydrogens (tertiary/aromatic N) is 2. The maximum atomic E-state index is 5.81. The van der Waals surface area contributed by atoms with Gasteiger partial charge in [0.1, 0.15) is 12.1 Å². The Kier molecular flexibility index (Phi) is 5.48. The van der Waals surface area contributed by atoms with Crippen molar-refractivity contribution in [2.75, 3.05) is 17.8 Å². The standard InChI is InChI=1S/C12H20ClN3O/c1-4-12(3,6-7-13)16-10-8-11(17-5-2)15-9-14-10/h8-9H,4-7H2,1-3H3,(H,14,15,16). The highest BCUT2D eigenvalue weighted by molar-refractivity contribution is 6.17. The molecule has 96 valence electrons. The van der Waals surface area contributed by atoms with Gasteiger partial charge in [0.2, 0.25) is 5.88 Å². The van der Waals surface area contributed by atoms with Crippen molar-refractivity contribution in [1.82, 2.24) is 9.97 Å². The first-order valence-electron chi connectivity index (χ1n) is 5.92. The smallest absolute Gasteiger partial charge is 0.218 e. The van der Waals surface area contributed by atoms with Gasteiger partial charge in [-0.25, -0.2) is 9.97 Å². The summed E-state index contributed by atoms with van der Waals surface area (Å²) in [6.45, 7) is 6.80. The molecule has 0 amide bonds. The highest BCUT2D eigenvalue weighted by Crippen LogP contribution is 2.22. The average molecular weight is 258 g/mol. The third kappa shape index (κ3) is 4.38. The molecule has 0 aliphatic rings. The molecule has 1 rings (SSSR count). The molecule has 0 aromatic carbocycles. The molecule has 0 aliphatic heterocycles. The Balaban J connectivity index is 2.75. The van der Waals surface area contributed by atoms with Gasteiger partial charge in [0, 0.05) is 17.5 Å². The fourth-order valence-corrected chi connectivity index (χ4v) is 1.90. The summed E-state index contributed by atoms with van der Waals surface area (Å²) in [5, 5.41) is 3.39. The van der Waals surface area contributed by atoms with E-state index in [1.165, 1.54) is 6.33 Å². The van der Waals surface area contributed by atoms with Crippen molar-refractivity contribution in [1.29, 1.82) is 0 Å². The van der Waals surface area contributed by atoms with Crippen LogP contribution in [0.15, 0.2) is 12.4 Å². The third-order valence-electron chi connectivity index (χ3n) is 2.79. The van der Waals surface area contributed by atoms with Gasteiger partial charge in [0.15, 0.2) is 0 Å². The SMILES string of the molecule is CCOc1cc(NC(C)(CC)CCCl)ncn1. The molecule has 1 unspecified atom stereocenters. The normalized spacial score (nSPS) is 14.1. The van der Waals surface area contributed by atoms with Gasteiger partial charge < -0.3 is 10.1 Å². The summed E-state index contributed by atoms with van der Waals surface area (Å²) in [6, 6.07) is 1.81. The second kappa shape index (κ2) is 6.64. The van der Waals surface area contributed by atoms with E-state index in [4.69, 9.17) is 16.3 Å². The summed E-state index contributed by atoms with van der Waals surface area (Å²) in [6.07, 6.45) is 3.37. The van der Waals surface area contributed by atoms with Crippen LogP contribution in [0.5, 0.6) is 5.88 Å². The fraction of sp³-hybridized carbons (Fsp3) is 0.667. The molecule has 1 heterocycles. The Morgan fingerprint density at radius 3 is 2.76 bits per heavy atom. The first kappa shape index (κ1) is 14.0. The van der Waals surface area contributed by atoms with Crippen LogP contribution >= 0.6 is 11.6 Å². The molecule has 0 saturated heterocycles. The van der Waals surface area contributed by atoms with Gasteiger partial charge in [-0.3, -0.25) is 0 Å². The van der Waals surface area contributed by atoms with Gasteiger partial charge in [0.05, 0.1) is 6.61 Å². The Morgan fingerprint density at radius 1 is 1.41 bits per heavy atom. The van der Waals surface area contributed by atoms with Crippen molar-refractivity contribution >= 4 is 17.4 Å². The lowest BCUT2D eigenvalue weighted by Crippen LogP contribution is -2.34. The van der Waals surface area contributed by atoms with Crippen LogP contribution in [0.25, 0.3) is 0 Å². The zero-order chi connectivity index (χ0) is 12.7. The summed E-state index contributed by atoms with van der Waals surface area (Å²) in [5.41, 5.74) is -0.0421. The highest BCUT2D eigenvalue weighted by Gasteiger charge is 2.21. The van der Waals surface area contributed by atoms with Gasteiger partial charge >= 0.3 is 0 Å². The monoisotopic (exact) mass is 257 g/mol. The Hall–Kier alpha value is -1.03. The minimum absolute atomic E-state index is 0.0421. The van der Waals surface area contributed by atoms with Crippen LogP contribution in [0.3, 0.4) is 0 Å². The molecule has 0 saturated carbocycles. The highest BCUT2D eigenvalue weighted by atomic mass is 35.5. The van der Waals surface area contributed by atoms with Gasteiger partial charge in [0.25, 0.3) is 0 Å². The van der Waals surface area contributed by atoms with E-state index in [2.05, 4.69) is 29.1 Å². The number of alkyl halides is 1. The van der Waals surface area contributed by atoms with E-state index in [1.54, 1.807) is 0 Å². The maximum Gasteiger partial charge on any atom is 0.218 e. The average Bonchev–Trinajstić information content (AvgIpc) is 2.30. The van der Waals surface area contributed by atoms with Crippen molar-refractivity contribution in [3.8, 4) is 5.88 Å². The van der Waals surface area contributed by atoms with Crippen molar-refractivity contribution in [2.24, 2.45) is 0 Å². The molecule has 1 aromatic rings. The minimum atomic E-state index is -0.0421. The molecule has 5 heteroatoms. The number of halogens is 1. The van der Waals surface area contributed by atoms with E-state index < -0.39 is 0 Å². The number of aromatic nitrogens is 2. The molecular formula is C12H20ClN3O. The second-order valence-electron chi connectivity index (χ2n) is 4.15. The summed E-state index contributed by atoms with van der Waals surface area (Å²) >= 11 is 5.81. The van der Waals surface area contributed by atoms with Gasteiger partial charge in [-0.15, -0.1) is 11.6 Å². The van der Waals surface area contributed by atoms with Crippen LogP contribution < -0.4 is 10.1 Å². The van der Waals surface area contributed by atoms with Crippen LogP contribution in [0.2, 0.25) is 0 Å². The van der Waals surface area contributed by atoms with E-state index in [0.717, 1.165) is 18.7 Å². The lowest BCUT2D eigenvalue weighted by atomic mass is 9.95. The molecule has 17 heavy (non-hydrogen) atoms. The Morgan fingerprint density at radius 2 is 2.18 bits per heavy atom. The summed E-state index contributed by atoms with van der Waals surface area (Å²) in [4.78, 5) is 8.22. The first-order chi connectivity index (χ1) is 8.13. The molecule has 0 radical (unpaired) electrons. The largest absolute Gasteiger partial charge is 0.478 e. The van der Waals surface area contributed by atoms with Crippen LogP contribution in [0.4, 0.5) is 5.82 Å². The minimum Gasteiger partial charge on any atom is -0.478 e. The molecular weight excluding hydrogens is 238 g/mol. The van der Waals surface area contributed by atoms with Gasteiger partial charge in [-0.2, -0.15) is 0 Å². The number of anilines is 1. The van der Waals surface area contributed by atoms with E-state index in [-0.39, 0.29) is 5.54 Å². The number of ether oxygens (including phenoxy) is 1. The lowest BCUT2D eigenvalue weighted by Gasteiger charge is -2.29. The zero-order valence-electron chi connectivity index (χ0n) is 10.7. The Labute approximate surface area is 108 Å². The molecule has 0 bridgehead atoms. The molecule has 1 aromatic heterocycles. The summed E-state index contributed by atoms with van der Waals surface area (Å²) in [5.74, 6) is 1.99. The number of rotatable bonds is 7. The van der Waals surface area contributed by atoms with E-state index in [1.807, 2.05) is 13.0 Å². The first-order valence-corrected chi connectivity index (χ1v) is 6.46. The van der Waals surface area contributed by atoms with Crippen LogP contribution in [0.1, 0.15) is 33.6 Å². The Bertz CT molecular complexity index is 348. The summed E-state index contributed by atoms with van der Waals surface area (Å²) < 4.78 is 5.34. The molecule has 0 aliphatic carbocycles. The van der Waals surface area contributed by atoms with E-state index >= 15 is 0 Å². The fourth-order valence-electron chi connectivity index (χ4n) is 1.48. The van der Waals surface area contributed by atoms with Crippen LogP contribution in [-0.2, 0) is 0 Å². The summed E-state index contributed by atoms with van der Waals surface area (Å²) in [7, 11) is 0. The van der Waals surface area contributed by atoms with Gasteiger partial charge in [-0.1, -0.05) is 6.92 Å². The van der Waals surface area contributed by atoms with Crippen LogP contribution in [0, 0.1) is 0 Å². The third-order valence-corrected chi connectivity index (χ3v) is 2.98. The predicted octanol–water partition coefficient (Wildman–Crippen LogP) is 3.08. The van der Waals surface area contributed by atoms with Gasteiger partial charge in [-0.05, 0) is 26.7 Å². The number of nitrogens with one attached hydrogen (secondary N) is 1. The molecule has 1 atom stereocenters. The van der Waals surface area contributed by atoms with E-state index in [9.17, 15) is 0 Å². The van der Waals surface area contributed by atoms with E-state index in [0.29, 0.717) is 18.4 Å². The van der Waals surface area contributed by atoms with Crippen molar-refractivity contribution in [2.45, 2.75) is 39.2 Å². The number of hydrogen-bond acceptors (Lipinski definition) is 4. The maximum absolute atomic E-state index is 5.81. The van der Waals surface area contributed by atoms with Crippen molar-refractivity contribution in [3.05, 3.63) is 12.4 Å². The quantitative estimate of drug-likeness (QED) is 0.763.